The Bertz CT molecular complexity index is 1300. The lowest BCUT2D eigenvalue weighted by atomic mass is 9.90. The second-order valence-electron chi connectivity index (χ2n) is 7.86. The van der Waals surface area contributed by atoms with Gasteiger partial charge >= 0.3 is 0 Å². The van der Waals surface area contributed by atoms with Crippen LogP contribution in [0.25, 0.3) is 0 Å². The summed E-state index contributed by atoms with van der Waals surface area (Å²) in [6, 6.07) is 18.6. The molecule has 172 valence electrons. The summed E-state index contributed by atoms with van der Waals surface area (Å²) in [5, 5.41) is 13.2. The monoisotopic (exact) mass is 479 g/mol. The van der Waals surface area contributed by atoms with Crippen LogP contribution in [0.5, 0.6) is 5.75 Å². The van der Waals surface area contributed by atoms with Gasteiger partial charge in [0.2, 0.25) is 5.91 Å². The van der Waals surface area contributed by atoms with Gasteiger partial charge in [-0.05, 0) is 48.0 Å². The van der Waals surface area contributed by atoms with Gasteiger partial charge in [-0.15, -0.1) is 0 Å². The number of nitrogens with zero attached hydrogens (tertiary/aromatic N) is 3. The second kappa shape index (κ2) is 8.44. The number of anilines is 2. The largest absolute Gasteiger partial charge is 0.497 e. The predicted octanol–water partition coefficient (Wildman–Crippen LogP) is 4.31. The topological polar surface area (TPSA) is 102 Å². The molecule has 0 bridgehead atoms. The first-order chi connectivity index (χ1) is 16.4. The van der Waals surface area contributed by atoms with Crippen molar-refractivity contribution < 1.29 is 24.1 Å². The maximum Gasteiger partial charge on any atom is 0.271 e. The van der Waals surface area contributed by atoms with Crippen LogP contribution in [0.1, 0.15) is 11.6 Å². The zero-order chi connectivity index (χ0) is 24.0. The molecule has 10 heteroatoms. The number of hydrogen-bond acceptors (Lipinski definition) is 7. The van der Waals surface area contributed by atoms with E-state index in [1.54, 1.807) is 54.6 Å². The van der Waals surface area contributed by atoms with E-state index in [-0.39, 0.29) is 5.69 Å². The number of methoxy groups -OCH3 is 1. The molecule has 3 aromatic carbocycles. The Kier molecular flexibility index (Phi) is 5.43. The molecule has 2 aliphatic heterocycles. The molecule has 9 nitrogen and oxygen atoms in total. The number of rotatable bonds is 5. The zero-order valence-electron chi connectivity index (χ0n) is 17.8. The molecule has 2 amide bonds. The van der Waals surface area contributed by atoms with Gasteiger partial charge in [-0.3, -0.25) is 24.5 Å². The van der Waals surface area contributed by atoms with Gasteiger partial charge in [-0.2, -0.15) is 0 Å². The number of hydrogen-bond donors (Lipinski definition) is 0. The minimum atomic E-state index is -1.10. The van der Waals surface area contributed by atoms with Gasteiger partial charge in [-0.1, -0.05) is 29.8 Å². The first-order valence-electron chi connectivity index (χ1n) is 10.4. The quantitative estimate of drug-likeness (QED) is 0.305. The number of non-ortho nitro benzene ring substituents is 1. The smallest absolute Gasteiger partial charge is 0.271 e. The van der Waals surface area contributed by atoms with Crippen molar-refractivity contribution in [1.29, 1.82) is 0 Å². The lowest BCUT2D eigenvalue weighted by molar-refractivity contribution is -0.384. The van der Waals surface area contributed by atoms with Crippen LogP contribution in [-0.4, -0.2) is 30.0 Å². The number of fused-ring (bicyclic) bond motifs is 1. The van der Waals surface area contributed by atoms with Crippen molar-refractivity contribution in [2.24, 2.45) is 5.92 Å². The number of ether oxygens (including phenoxy) is 1. The number of hydroxylamine groups is 1. The number of carbonyl (C=O) groups excluding carboxylic acids is 2. The maximum absolute atomic E-state index is 13.6. The van der Waals surface area contributed by atoms with Gasteiger partial charge < -0.3 is 4.74 Å². The lowest BCUT2D eigenvalue weighted by Gasteiger charge is -2.28. The van der Waals surface area contributed by atoms with E-state index in [1.165, 1.54) is 30.4 Å². The van der Waals surface area contributed by atoms with Crippen molar-refractivity contribution in [3.05, 3.63) is 93.5 Å². The predicted molar refractivity (Wildman–Crippen MR) is 124 cm³/mol. The number of imide groups is 1. The summed E-state index contributed by atoms with van der Waals surface area (Å²) in [7, 11) is 1.53. The fourth-order valence-electron chi connectivity index (χ4n) is 4.39. The van der Waals surface area contributed by atoms with Crippen LogP contribution in [0.3, 0.4) is 0 Å². The summed E-state index contributed by atoms with van der Waals surface area (Å²) in [4.78, 5) is 44.9. The van der Waals surface area contributed by atoms with Crippen molar-refractivity contribution in [3.63, 3.8) is 0 Å². The molecule has 2 fully saturated rings. The van der Waals surface area contributed by atoms with E-state index in [9.17, 15) is 19.7 Å². The Labute approximate surface area is 199 Å². The highest BCUT2D eigenvalue weighted by Crippen LogP contribution is 2.48. The molecule has 5 rings (SSSR count). The molecule has 0 aliphatic carbocycles. The second-order valence-corrected chi connectivity index (χ2v) is 8.30. The number of carbonyl (C=O) groups is 2. The molecule has 0 unspecified atom stereocenters. The van der Waals surface area contributed by atoms with Gasteiger partial charge in [0.1, 0.15) is 11.7 Å². The Hall–Kier alpha value is -3.95. The fraction of sp³-hybridized carbons (Fsp3) is 0.167. The average Bonchev–Trinajstić information content (AvgIpc) is 3.36. The van der Waals surface area contributed by atoms with Crippen molar-refractivity contribution in [3.8, 4) is 5.75 Å². The molecule has 0 saturated carbocycles. The molecular weight excluding hydrogens is 462 g/mol. The highest BCUT2D eigenvalue weighted by atomic mass is 35.5. The van der Waals surface area contributed by atoms with E-state index in [0.717, 1.165) is 4.90 Å². The van der Waals surface area contributed by atoms with Gasteiger partial charge in [0.25, 0.3) is 11.6 Å². The van der Waals surface area contributed by atoms with E-state index in [1.807, 2.05) is 0 Å². The highest BCUT2D eigenvalue weighted by Gasteiger charge is 2.60. The minimum Gasteiger partial charge on any atom is -0.497 e. The van der Waals surface area contributed by atoms with E-state index in [4.69, 9.17) is 21.2 Å². The van der Waals surface area contributed by atoms with E-state index in [2.05, 4.69) is 0 Å². The Morgan fingerprint density at radius 3 is 2.41 bits per heavy atom. The van der Waals surface area contributed by atoms with Gasteiger partial charge in [0.05, 0.1) is 29.4 Å². The Morgan fingerprint density at radius 1 is 0.971 bits per heavy atom. The number of nitro groups is 1. The van der Waals surface area contributed by atoms with Crippen LogP contribution in [0.2, 0.25) is 5.02 Å². The first-order valence-corrected chi connectivity index (χ1v) is 10.7. The number of amides is 2. The molecule has 0 aromatic heterocycles. The minimum absolute atomic E-state index is 0.136. The molecule has 2 saturated heterocycles. The van der Waals surface area contributed by atoms with E-state index < -0.39 is 34.8 Å². The van der Waals surface area contributed by atoms with Crippen LogP contribution in [0, 0.1) is 16.0 Å². The summed E-state index contributed by atoms with van der Waals surface area (Å²) >= 11 is 5.96. The van der Waals surface area contributed by atoms with Crippen molar-refractivity contribution in [1.82, 2.24) is 0 Å². The summed E-state index contributed by atoms with van der Waals surface area (Å²) in [6.45, 7) is 0. The molecule has 0 N–H and O–H groups in total. The standard InChI is InChI=1S/C24H18ClN3O6/c1-33-19-7-2-4-14(12-19)21-20-22(34-27(21)17-5-3-6-18(13-17)28(31)32)24(30)26(23(20)29)16-10-8-15(25)9-11-16/h2-13,20-22H,1H3/t20-,21+,22-/m1/s1. The fourth-order valence-corrected chi connectivity index (χ4v) is 4.52. The van der Waals surface area contributed by atoms with Crippen LogP contribution in [0.15, 0.2) is 72.8 Å². The third kappa shape index (κ3) is 3.55. The third-order valence-corrected chi connectivity index (χ3v) is 6.18. The SMILES string of the molecule is COc1cccc([C@H]2[C@H]3C(=O)N(c4ccc(Cl)cc4)C(=O)[C@@H]3ON2c2cccc([N+](=O)[O-])c2)c1. The van der Waals surface area contributed by atoms with Gasteiger partial charge in [-0.25, -0.2) is 9.96 Å². The van der Waals surface area contributed by atoms with Crippen molar-refractivity contribution in [2.75, 3.05) is 17.1 Å². The molecule has 0 spiro atoms. The van der Waals surface area contributed by atoms with Crippen LogP contribution < -0.4 is 14.7 Å². The molecule has 2 heterocycles. The normalized spacial score (nSPS) is 21.6. The maximum atomic E-state index is 13.6. The zero-order valence-corrected chi connectivity index (χ0v) is 18.6. The van der Waals surface area contributed by atoms with Crippen molar-refractivity contribution >= 4 is 40.5 Å². The number of benzene rings is 3. The van der Waals surface area contributed by atoms with E-state index in [0.29, 0.717) is 27.7 Å². The third-order valence-electron chi connectivity index (χ3n) is 5.93. The summed E-state index contributed by atoms with van der Waals surface area (Å²) in [6.07, 6.45) is -1.10. The van der Waals surface area contributed by atoms with Crippen molar-refractivity contribution in [2.45, 2.75) is 12.1 Å². The van der Waals surface area contributed by atoms with Crippen LogP contribution >= 0.6 is 11.6 Å². The van der Waals surface area contributed by atoms with Crippen LogP contribution in [-0.2, 0) is 14.4 Å². The first kappa shape index (κ1) is 21.9. The Morgan fingerprint density at radius 2 is 1.71 bits per heavy atom. The summed E-state index contributed by atoms with van der Waals surface area (Å²) in [5.74, 6) is -1.27. The molecule has 3 atom stereocenters. The summed E-state index contributed by atoms with van der Waals surface area (Å²) in [5.41, 5.74) is 1.28. The van der Waals surface area contributed by atoms with Gasteiger partial charge in [0, 0.05) is 17.2 Å². The molecule has 2 aliphatic rings. The molecular formula is C24H18ClN3O6. The highest BCUT2D eigenvalue weighted by molar-refractivity contribution is 6.31. The molecule has 3 aromatic rings. The number of nitro benzene ring substituents is 1. The number of halogens is 1. The average molecular weight is 480 g/mol. The van der Waals surface area contributed by atoms with E-state index >= 15 is 0 Å². The van der Waals surface area contributed by atoms with Gasteiger partial charge in [0.15, 0.2) is 6.10 Å². The summed E-state index contributed by atoms with van der Waals surface area (Å²) < 4.78 is 5.34. The Balaban J connectivity index is 1.60. The molecule has 34 heavy (non-hydrogen) atoms. The van der Waals surface area contributed by atoms with Crippen LogP contribution in [0.4, 0.5) is 17.1 Å². The molecule has 0 radical (unpaired) electrons. The lowest BCUT2D eigenvalue weighted by Crippen LogP contribution is -2.37.